The summed E-state index contributed by atoms with van der Waals surface area (Å²) in [6.45, 7) is 8.40. The molecule has 0 aliphatic rings. The quantitative estimate of drug-likeness (QED) is 0.867. The van der Waals surface area contributed by atoms with Crippen molar-refractivity contribution in [2.24, 2.45) is 11.7 Å². The van der Waals surface area contributed by atoms with E-state index < -0.39 is 0 Å². The first-order valence-electron chi connectivity index (χ1n) is 5.94. The number of furan rings is 1. The lowest BCUT2D eigenvalue weighted by molar-refractivity contribution is 0.0896. The molecule has 1 aromatic heterocycles. The Bertz CT molecular complexity index is 390. The summed E-state index contributed by atoms with van der Waals surface area (Å²) in [6.07, 6.45) is 2.37. The van der Waals surface area contributed by atoms with Crippen LogP contribution in [0.1, 0.15) is 43.3 Å². The van der Waals surface area contributed by atoms with Gasteiger partial charge in [0, 0.05) is 12.1 Å². The molecule has 0 aliphatic heterocycles. The van der Waals surface area contributed by atoms with Crippen LogP contribution in [0.5, 0.6) is 0 Å². The minimum atomic E-state index is -0.366. The second kappa shape index (κ2) is 6.81. The number of halogens is 1. The molecule has 0 fully saturated rings. The van der Waals surface area contributed by atoms with Gasteiger partial charge in [-0.3, -0.25) is 4.79 Å². The molecule has 5 heteroatoms. The van der Waals surface area contributed by atoms with E-state index in [4.69, 9.17) is 10.2 Å². The monoisotopic (exact) mass is 274 g/mol. The first kappa shape index (κ1) is 17.0. The van der Waals surface area contributed by atoms with Crippen LogP contribution in [0.25, 0.3) is 0 Å². The summed E-state index contributed by atoms with van der Waals surface area (Å²) >= 11 is 0. The van der Waals surface area contributed by atoms with Crippen LogP contribution in [0.3, 0.4) is 0 Å². The van der Waals surface area contributed by atoms with Gasteiger partial charge in [-0.1, -0.05) is 13.8 Å². The minimum absolute atomic E-state index is 0. The highest BCUT2D eigenvalue weighted by Gasteiger charge is 2.27. The normalized spacial score (nSPS) is 13.9. The first-order valence-corrected chi connectivity index (χ1v) is 5.94. The summed E-state index contributed by atoms with van der Waals surface area (Å²) in [6, 6.07) is 1.68. The van der Waals surface area contributed by atoms with Crippen LogP contribution in [0.2, 0.25) is 0 Å². The van der Waals surface area contributed by atoms with Crippen molar-refractivity contribution < 1.29 is 9.21 Å². The molecule has 1 unspecified atom stereocenters. The molecular formula is C13H23ClN2O2. The zero-order valence-corrected chi connectivity index (χ0v) is 12.3. The van der Waals surface area contributed by atoms with Crippen molar-refractivity contribution in [1.82, 2.24) is 5.32 Å². The summed E-state index contributed by atoms with van der Waals surface area (Å²) in [5, 5.41) is 2.99. The fourth-order valence-corrected chi connectivity index (χ4v) is 2.05. The van der Waals surface area contributed by atoms with Crippen LogP contribution in [0.15, 0.2) is 16.7 Å². The molecule has 1 rings (SSSR count). The maximum Gasteiger partial charge on any atom is 0.255 e. The maximum atomic E-state index is 12.1. The summed E-state index contributed by atoms with van der Waals surface area (Å²) in [4.78, 5) is 12.1. The number of carbonyl (C=O) groups excluding carboxylic acids is 1. The highest BCUT2D eigenvalue weighted by Crippen LogP contribution is 2.17. The second-order valence-electron chi connectivity index (χ2n) is 5.21. The Labute approximate surface area is 115 Å². The Kier molecular flexibility index (Phi) is 6.43. The van der Waals surface area contributed by atoms with Crippen molar-refractivity contribution in [3.05, 3.63) is 23.7 Å². The highest BCUT2D eigenvalue weighted by molar-refractivity contribution is 5.95. The third-order valence-electron chi connectivity index (χ3n) is 2.83. The van der Waals surface area contributed by atoms with Crippen molar-refractivity contribution in [1.29, 1.82) is 0 Å². The summed E-state index contributed by atoms with van der Waals surface area (Å²) in [7, 11) is 0. The van der Waals surface area contributed by atoms with E-state index in [1.54, 1.807) is 13.0 Å². The van der Waals surface area contributed by atoms with Gasteiger partial charge in [-0.25, -0.2) is 0 Å². The van der Waals surface area contributed by atoms with E-state index in [-0.39, 0.29) is 23.9 Å². The zero-order chi connectivity index (χ0) is 13.1. The number of carbonyl (C=O) groups is 1. The molecule has 0 bridgehead atoms. The molecule has 0 saturated heterocycles. The van der Waals surface area contributed by atoms with Crippen molar-refractivity contribution in [3.8, 4) is 0 Å². The van der Waals surface area contributed by atoms with Crippen LogP contribution in [-0.4, -0.2) is 18.0 Å². The van der Waals surface area contributed by atoms with Gasteiger partial charge in [0.2, 0.25) is 0 Å². The molecule has 3 N–H and O–H groups in total. The van der Waals surface area contributed by atoms with Gasteiger partial charge in [-0.15, -0.1) is 12.4 Å². The highest BCUT2D eigenvalue weighted by atomic mass is 35.5. The Morgan fingerprint density at radius 3 is 2.56 bits per heavy atom. The fraction of sp³-hybridized carbons (Fsp3) is 0.615. The maximum absolute atomic E-state index is 12.1. The zero-order valence-electron chi connectivity index (χ0n) is 11.4. The number of hydrogen-bond acceptors (Lipinski definition) is 3. The van der Waals surface area contributed by atoms with Crippen LogP contribution in [-0.2, 0) is 0 Å². The summed E-state index contributed by atoms with van der Waals surface area (Å²) in [5.41, 5.74) is 5.97. The van der Waals surface area contributed by atoms with Gasteiger partial charge in [-0.2, -0.15) is 0 Å². The molecule has 0 radical (unpaired) electrons. The number of nitrogens with one attached hydrogen (secondary N) is 1. The van der Waals surface area contributed by atoms with E-state index in [0.29, 0.717) is 23.8 Å². The van der Waals surface area contributed by atoms with Gasteiger partial charge in [0.25, 0.3) is 5.91 Å². The van der Waals surface area contributed by atoms with E-state index in [9.17, 15) is 4.79 Å². The van der Waals surface area contributed by atoms with Gasteiger partial charge in [0.05, 0.1) is 11.8 Å². The van der Waals surface area contributed by atoms with Crippen LogP contribution in [0.4, 0.5) is 0 Å². The smallest absolute Gasteiger partial charge is 0.255 e. The molecule has 1 heterocycles. The number of amides is 1. The molecule has 1 atom stereocenters. The number of aryl methyl sites for hydroxylation is 1. The fourth-order valence-electron chi connectivity index (χ4n) is 2.05. The van der Waals surface area contributed by atoms with Gasteiger partial charge in [-0.05, 0) is 32.3 Å². The topological polar surface area (TPSA) is 68.3 Å². The molecule has 1 aromatic rings. The third-order valence-corrected chi connectivity index (χ3v) is 2.83. The molecule has 0 saturated carbocycles. The van der Waals surface area contributed by atoms with Crippen LogP contribution < -0.4 is 11.1 Å². The molecule has 1 amide bonds. The molecule has 0 aromatic carbocycles. The first-order chi connectivity index (χ1) is 7.88. The summed E-state index contributed by atoms with van der Waals surface area (Å²) < 4.78 is 5.12. The lowest BCUT2D eigenvalue weighted by atomic mass is 9.90. The van der Waals surface area contributed by atoms with Crippen LogP contribution in [0, 0.1) is 12.8 Å². The minimum Gasteiger partial charge on any atom is -0.469 e. The van der Waals surface area contributed by atoms with Gasteiger partial charge >= 0.3 is 0 Å². The van der Waals surface area contributed by atoms with Crippen molar-refractivity contribution in [2.45, 2.75) is 39.7 Å². The van der Waals surface area contributed by atoms with Crippen molar-refractivity contribution >= 4 is 18.3 Å². The van der Waals surface area contributed by atoms with Crippen molar-refractivity contribution in [3.63, 3.8) is 0 Å². The Hall–Kier alpha value is -1.00. The second-order valence-corrected chi connectivity index (χ2v) is 5.21. The van der Waals surface area contributed by atoms with Gasteiger partial charge in [0.1, 0.15) is 5.76 Å². The molecule has 18 heavy (non-hydrogen) atoms. The number of rotatable bonds is 5. The van der Waals surface area contributed by atoms with Gasteiger partial charge in [0.15, 0.2) is 0 Å². The van der Waals surface area contributed by atoms with E-state index in [2.05, 4.69) is 19.2 Å². The van der Waals surface area contributed by atoms with Gasteiger partial charge < -0.3 is 15.5 Å². The molecule has 104 valence electrons. The third kappa shape index (κ3) is 4.35. The largest absolute Gasteiger partial charge is 0.469 e. The van der Waals surface area contributed by atoms with Crippen molar-refractivity contribution in [2.75, 3.05) is 6.54 Å². The molecule has 0 aliphatic carbocycles. The van der Waals surface area contributed by atoms with Crippen LogP contribution >= 0.6 is 12.4 Å². The van der Waals surface area contributed by atoms with E-state index in [1.807, 2.05) is 6.92 Å². The Morgan fingerprint density at radius 2 is 2.17 bits per heavy atom. The predicted molar refractivity (Wildman–Crippen MR) is 75.1 cm³/mol. The Balaban J connectivity index is 0.00000289. The lowest BCUT2D eigenvalue weighted by Gasteiger charge is -2.31. The lowest BCUT2D eigenvalue weighted by Crippen LogP contribution is -2.52. The van der Waals surface area contributed by atoms with E-state index in [0.717, 1.165) is 6.42 Å². The van der Waals surface area contributed by atoms with E-state index in [1.165, 1.54) is 6.26 Å². The predicted octanol–water partition coefficient (Wildman–Crippen LogP) is 2.50. The average molecular weight is 275 g/mol. The summed E-state index contributed by atoms with van der Waals surface area (Å²) in [5.74, 6) is 0.991. The Morgan fingerprint density at radius 1 is 1.56 bits per heavy atom. The standard InChI is InChI=1S/C13H22N2O2.ClH/c1-9(2)7-13(4,8-14)15-12(16)11-5-6-17-10(11)3;/h5-6,9H,7-8,14H2,1-4H3,(H,15,16);1H. The SMILES string of the molecule is Cc1occc1C(=O)NC(C)(CN)CC(C)C.Cl. The molecule has 4 nitrogen and oxygen atoms in total. The average Bonchev–Trinajstić information content (AvgIpc) is 2.63. The number of nitrogens with two attached hydrogens (primary N) is 1. The molecule has 0 spiro atoms. The molecular weight excluding hydrogens is 252 g/mol. The number of hydrogen-bond donors (Lipinski definition) is 2. The van der Waals surface area contributed by atoms with E-state index >= 15 is 0 Å².